The molecule has 2 rings (SSSR count). The molecule has 102 valence electrons. The molecule has 2 aromatic rings. The lowest BCUT2D eigenvalue weighted by Gasteiger charge is -2.10. The molecule has 20 heavy (non-hydrogen) atoms. The van der Waals surface area contributed by atoms with Crippen molar-refractivity contribution in [1.82, 2.24) is 0 Å². The quantitative estimate of drug-likeness (QED) is 0.706. The molecule has 0 N–H and O–H groups in total. The van der Waals surface area contributed by atoms with Crippen LogP contribution in [0.5, 0.6) is 0 Å². The first kappa shape index (κ1) is 14.0. The van der Waals surface area contributed by atoms with Gasteiger partial charge in [0, 0.05) is 11.6 Å². The first-order valence-electron chi connectivity index (χ1n) is 5.39. The molecule has 0 spiro atoms. The Balaban J connectivity index is 2.65. The number of alkyl halides is 3. The second-order valence-electron chi connectivity index (χ2n) is 4.03. The number of hydrogen-bond donors (Lipinski definition) is 0. The van der Waals surface area contributed by atoms with E-state index in [1.807, 2.05) is 0 Å². The predicted octanol–water partition coefficient (Wildman–Crippen LogP) is 4.52. The zero-order valence-corrected chi connectivity index (χ0v) is 9.80. The third kappa shape index (κ3) is 2.77. The van der Waals surface area contributed by atoms with Gasteiger partial charge in [0.2, 0.25) is 0 Å². The molecule has 0 bridgehead atoms. The van der Waals surface area contributed by atoms with Crippen LogP contribution in [0.3, 0.4) is 0 Å². The van der Waals surface area contributed by atoms with Crippen LogP contribution >= 0.6 is 0 Å². The topological polar surface area (TPSA) is 23.8 Å². The second-order valence-corrected chi connectivity index (χ2v) is 4.03. The molecular formula is C14H6F5N. The van der Waals surface area contributed by atoms with Gasteiger partial charge in [-0.3, -0.25) is 0 Å². The first-order valence-corrected chi connectivity index (χ1v) is 5.39. The summed E-state index contributed by atoms with van der Waals surface area (Å²) in [7, 11) is 0. The summed E-state index contributed by atoms with van der Waals surface area (Å²) in [6.07, 6.45) is -4.65. The molecule has 0 radical (unpaired) electrons. The van der Waals surface area contributed by atoms with Gasteiger partial charge in [-0.2, -0.15) is 18.4 Å². The summed E-state index contributed by atoms with van der Waals surface area (Å²) in [6.45, 7) is 0. The standard InChI is InChI=1S/C14H6F5N/c15-11-1-2-12(13(16)6-11)9-3-8(7-20)4-10(5-9)14(17,18)19/h1-6H. The van der Waals surface area contributed by atoms with Crippen molar-refractivity contribution in [1.29, 1.82) is 5.26 Å². The Kier molecular flexibility index (Phi) is 3.45. The van der Waals surface area contributed by atoms with Crippen LogP contribution < -0.4 is 0 Å². The number of benzene rings is 2. The van der Waals surface area contributed by atoms with E-state index in [2.05, 4.69) is 0 Å². The van der Waals surface area contributed by atoms with E-state index < -0.39 is 23.4 Å². The summed E-state index contributed by atoms with van der Waals surface area (Å²) in [4.78, 5) is 0. The van der Waals surface area contributed by atoms with E-state index in [0.717, 1.165) is 24.3 Å². The second kappa shape index (κ2) is 4.93. The molecule has 0 heterocycles. The normalized spacial score (nSPS) is 11.2. The highest BCUT2D eigenvalue weighted by atomic mass is 19.4. The number of rotatable bonds is 1. The molecule has 0 aliphatic heterocycles. The Morgan fingerprint density at radius 3 is 2.20 bits per heavy atom. The maximum Gasteiger partial charge on any atom is 0.416 e. The molecule has 0 saturated carbocycles. The summed E-state index contributed by atoms with van der Waals surface area (Å²) in [5, 5.41) is 8.74. The van der Waals surface area contributed by atoms with Crippen molar-refractivity contribution in [3.8, 4) is 17.2 Å². The van der Waals surface area contributed by atoms with Crippen molar-refractivity contribution in [2.45, 2.75) is 6.18 Å². The van der Waals surface area contributed by atoms with Gasteiger partial charge in [0.25, 0.3) is 0 Å². The Hall–Kier alpha value is -2.42. The smallest absolute Gasteiger partial charge is 0.207 e. The van der Waals surface area contributed by atoms with Crippen LogP contribution in [0.1, 0.15) is 11.1 Å². The van der Waals surface area contributed by atoms with Gasteiger partial charge in [0.05, 0.1) is 17.2 Å². The van der Waals surface area contributed by atoms with Gasteiger partial charge in [-0.05, 0) is 35.9 Å². The molecule has 0 atom stereocenters. The van der Waals surface area contributed by atoms with Crippen LogP contribution in [0.2, 0.25) is 0 Å². The average molecular weight is 283 g/mol. The van der Waals surface area contributed by atoms with E-state index in [1.165, 1.54) is 0 Å². The van der Waals surface area contributed by atoms with Gasteiger partial charge in [0.15, 0.2) is 0 Å². The molecule has 0 aliphatic rings. The minimum atomic E-state index is -4.65. The highest BCUT2D eigenvalue weighted by molar-refractivity contribution is 5.67. The van der Waals surface area contributed by atoms with E-state index in [9.17, 15) is 22.0 Å². The summed E-state index contributed by atoms with van der Waals surface area (Å²) >= 11 is 0. The lowest BCUT2D eigenvalue weighted by Crippen LogP contribution is -2.05. The minimum absolute atomic E-state index is 0.131. The van der Waals surface area contributed by atoms with E-state index in [0.29, 0.717) is 12.1 Å². The van der Waals surface area contributed by atoms with Crippen LogP contribution in [-0.4, -0.2) is 0 Å². The van der Waals surface area contributed by atoms with Gasteiger partial charge in [-0.25, -0.2) is 8.78 Å². The fourth-order valence-corrected chi connectivity index (χ4v) is 1.73. The summed E-state index contributed by atoms with van der Waals surface area (Å²) in [6, 6.07) is 6.63. The van der Waals surface area contributed by atoms with Crippen molar-refractivity contribution >= 4 is 0 Å². The Bertz CT molecular complexity index is 698. The number of nitrogens with zero attached hydrogens (tertiary/aromatic N) is 1. The Morgan fingerprint density at radius 1 is 0.950 bits per heavy atom. The molecular weight excluding hydrogens is 277 g/mol. The molecule has 0 unspecified atom stereocenters. The van der Waals surface area contributed by atoms with Crippen LogP contribution in [0.25, 0.3) is 11.1 Å². The summed E-state index contributed by atoms with van der Waals surface area (Å²) in [5.74, 6) is -1.83. The van der Waals surface area contributed by atoms with Crippen molar-refractivity contribution in [2.24, 2.45) is 0 Å². The van der Waals surface area contributed by atoms with Crippen molar-refractivity contribution in [3.05, 3.63) is 59.2 Å². The number of hydrogen-bond acceptors (Lipinski definition) is 1. The molecule has 0 amide bonds. The molecule has 6 heteroatoms. The predicted molar refractivity (Wildman–Crippen MR) is 61.5 cm³/mol. The third-order valence-corrected chi connectivity index (χ3v) is 2.63. The monoisotopic (exact) mass is 283 g/mol. The van der Waals surface area contributed by atoms with E-state index in [-0.39, 0.29) is 16.7 Å². The molecule has 2 aromatic carbocycles. The fourth-order valence-electron chi connectivity index (χ4n) is 1.73. The fraction of sp³-hybridized carbons (Fsp3) is 0.0714. The summed E-state index contributed by atoms with van der Waals surface area (Å²) < 4.78 is 64.5. The van der Waals surface area contributed by atoms with E-state index in [4.69, 9.17) is 5.26 Å². The number of nitriles is 1. The van der Waals surface area contributed by atoms with Crippen molar-refractivity contribution < 1.29 is 22.0 Å². The van der Waals surface area contributed by atoms with Crippen molar-refractivity contribution in [3.63, 3.8) is 0 Å². The highest BCUT2D eigenvalue weighted by Crippen LogP contribution is 2.34. The lowest BCUT2D eigenvalue weighted by atomic mass is 9.99. The largest absolute Gasteiger partial charge is 0.416 e. The molecule has 1 nitrogen and oxygen atoms in total. The van der Waals surface area contributed by atoms with Crippen LogP contribution in [-0.2, 0) is 6.18 Å². The SMILES string of the molecule is N#Cc1cc(-c2ccc(F)cc2F)cc(C(F)(F)F)c1. The zero-order valence-electron chi connectivity index (χ0n) is 9.80. The Morgan fingerprint density at radius 2 is 1.65 bits per heavy atom. The van der Waals surface area contributed by atoms with Gasteiger partial charge in [-0.1, -0.05) is 0 Å². The number of halogens is 5. The molecule has 0 aromatic heterocycles. The zero-order chi connectivity index (χ0) is 14.9. The lowest BCUT2D eigenvalue weighted by molar-refractivity contribution is -0.137. The van der Waals surface area contributed by atoms with E-state index in [1.54, 1.807) is 6.07 Å². The summed E-state index contributed by atoms with van der Waals surface area (Å²) in [5.41, 5.74) is -1.64. The molecule has 0 saturated heterocycles. The van der Waals surface area contributed by atoms with Gasteiger partial charge in [0.1, 0.15) is 11.6 Å². The van der Waals surface area contributed by atoms with Gasteiger partial charge in [-0.15, -0.1) is 0 Å². The minimum Gasteiger partial charge on any atom is -0.207 e. The maximum atomic E-state index is 13.6. The first-order chi connectivity index (χ1) is 9.31. The Labute approximate surface area is 110 Å². The van der Waals surface area contributed by atoms with E-state index >= 15 is 0 Å². The van der Waals surface area contributed by atoms with Crippen LogP contribution in [0.4, 0.5) is 22.0 Å². The molecule has 0 aliphatic carbocycles. The van der Waals surface area contributed by atoms with Crippen molar-refractivity contribution in [2.75, 3.05) is 0 Å². The van der Waals surface area contributed by atoms with Crippen LogP contribution in [0.15, 0.2) is 36.4 Å². The third-order valence-electron chi connectivity index (χ3n) is 2.63. The average Bonchev–Trinajstić information content (AvgIpc) is 2.37. The molecule has 0 fully saturated rings. The van der Waals surface area contributed by atoms with Gasteiger partial charge >= 0.3 is 6.18 Å². The van der Waals surface area contributed by atoms with Crippen LogP contribution in [0, 0.1) is 23.0 Å². The maximum absolute atomic E-state index is 13.6. The van der Waals surface area contributed by atoms with Gasteiger partial charge < -0.3 is 0 Å². The highest BCUT2D eigenvalue weighted by Gasteiger charge is 2.31.